The van der Waals surface area contributed by atoms with Crippen molar-refractivity contribution >= 4 is 11.8 Å². The van der Waals surface area contributed by atoms with Gasteiger partial charge in [0.25, 0.3) is 0 Å². The molecule has 27 heavy (non-hydrogen) atoms. The Kier molecular flexibility index (Phi) is 10.3. The molecule has 0 unspecified atom stereocenters. The van der Waals surface area contributed by atoms with E-state index in [2.05, 4.69) is 16.5 Å². The summed E-state index contributed by atoms with van der Waals surface area (Å²) in [5.41, 5.74) is 1.15. The van der Waals surface area contributed by atoms with Crippen LogP contribution in [-0.4, -0.2) is 79.2 Å². The number of aliphatic hydroxyl groups excluding tert-OH is 2. The maximum absolute atomic E-state index is 10.3. The van der Waals surface area contributed by atoms with Crippen LogP contribution in [0.3, 0.4) is 0 Å². The van der Waals surface area contributed by atoms with Crippen LogP contribution in [0.25, 0.3) is 0 Å². The summed E-state index contributed by atoms with van der Waals surface area (Å²) in [6.07, 6.45) is 4.06. The van der Waals surface area contributed by atoms with Crippen LogP contribution in [0.1, 0.15) is 24.8 Å². The third-order valence-corrected chi connectivity index (χ3v) is 5.41. The molecule has 1 aromatic rings. The van der Waals surface area contributed by atoms with E-state index in [0.717, 1.165) is 51.0 Å². The maximum atomic E-state index is 10.3. The Morgan fingerprint density at radius 3 is 2.78 bits per heavy atom. The smallest absolute Gasteiger partial charge is 0.161 e. The number of rotatable bonds is 12. The topological polar surface area (TPSA) is 74.2 Å². The molecule has 6 nitrogen and oxygen atoms in total. The number of piperidine rings is 1. The van der Waals surface area contributed by atoms with Crippen LogP contribution in [0.4, 0.5) is 0 Å². The second kappa shape index (κ2) is 12.5. The fourth-order valence-electron chi connectivity index (χ4n) is 3.15. The number of likely N-dealkylation sites (tertiary alicyclic amines) is 1. The molecule has 1 heterocycles. The quantitative estimate of drug-likeness (QED) is 0.463. The van der Waals surface area contributed by atoms with E-state index in [0.29, 0.717) is 18.0 Å². The number of β-amino-alcohol motifs (C(OH)–C–C–N with tert-alkyl or cyclic N) is 1. The highest BCUT2D eigenvalue weighted by Crippen LogP contribution is 2.28. The van der Waals surface area contributed by atoms with Crippen molar-refractivity contribution in [3.63, 3.8) is 0 Å². The molecule has 0 radical (unpaired) electrons. The first-order valence-electron chi connectivity index (χ1n) is 9.70. The minimum Gasteiger partial charge on any atom is -0.493 e. The first-order valence-corrected chi connectivity index (χ1v) is 11.1. The van der Waals surface area contributed by atoms with E-state index < -0.39 is 6.10 Å². The molecule has 0 aromatic heterocycles. The van der Waals surface area contributed by atoms with Gasteiger partial charge < -0.3 is 29.9 Å². The van der Waals surface area contributed by atoms with Crippen LogP contribution in [0.15, 0.2) is 18.2 Å². The van der Waals surface area contributed by atoms with E-state index in [1.807, 2.05) is 30.0 Å². The van der Waals surface area contributed by atoms with Gasteiger partial charge in [-0.15, -0.1) is 0 Å². The molecule has 1 aliphatic heterocycles. The molecule has 7 heteroatoms. The number of aliphatic hydroxyl groups is 2. The van der Waals surface area contributed by atoms with E-state index in [9.17, 15) is 10.2 Å². The lowest BCUT2D eigenvalue weighted by Gasteiger charge is -2.30. The fourth-order valence-corrected chi connectivity index (χ4v) is 3.59. The lowest BCUT2D eigenvalue weighted by atomic mass is 10.1. The molecular formula is C20H34N2O4S. The van der Waals surface area contributed by atoms with Crippen molar-refractivity contribution in [2.45, 2.75) is 38.0 Å². The van der Waals surface area contributed by atoms with Gasteiger partial charge in [-0.05, 0) is 55.5 Å². The van der Waals surface area contributed by atoms with Crippen molar-refractivity contribution in [3.05, 3.63) is 23.8 Å². The third-order valence-electron chi connectivity index (χ3n) is 4.72. The lowest BCUT2D eigenvalue weighted by molar-refractivity contribution is 0.0333. The molecule has 0 spiro atoms. The van der Waals surface area contributed by atoms with Gasteiger partial charge in [0.1, 0.15) is 12.7 Å². The summed E-state index contributed by atoms with van der Waals surface area (Å²) >= 11 is 1.86. The predicted octanol–water partition coefficient (Wildman–Crippen LogP) is 1.73. The summed E-state index contributed by atoms with van der Waals surface area (Å²) in [5.74, 6) is 2.51. The summed E-state index contributed by atoms with van der Waals surface area (Å²) in [6, 6.07) is 5.91. The molecule has 3 N–H and O–H groups in total. The largest absolute Gasteiger partial charge is 0.493 e. The number of nitrogens with one attached hydrogen (secondary N) is 1. The van der Waals surface area contributed by atoms with Crippen LogP contribution >= 0.6 is 11.8 Å². The standard InChI is InChI=1S/C20H34N2O4S/c1-25-20-12-16(13-21-8-3-11-27-2)4-5-19(20)26-15-18(24)14-22-9-6-17(23)7-10-22/h4-5,12,17-18,21,23-24H,3,6-11,13-15H2,1-2H3/t18-/m0/s1. The number of ether oxygens (including phenoxy) is 2. The predicted molar refractivity (Wildman–Crippen MR) is 111 cm³/mol. The van der Waals surface area contributed by atoms with Gasteiger partial charge in [0, 0.05) is 26.2 Å². The Morgan fingerprint density at radius 1 is 1.30 bits per heavy atom. The van der Waals surface area contributed by atoms with Crippen LogP contribution in [-0.2, 0) is 6.54 Å². The number of nitrogens with zero attached hydrogens (tertiary/aromatic N) is 1. The van der Waals surface area contributed by atoms with E-state index in [1.54, 1.807) is 7.11 Å². The number of hydrogen-bond acceptors (Lipinski definition) is 7. The summed E-state index contributed by atoms with van der Waals surface area (Å²) in [5, 5.41) is 23.2. The zero-order valence-electron chi connectivity index (χ0n) is 16.5. The van der Waals surface area contributed by atoms with E-state index in [4.69, 9.17) is 9.47 Å². The van der Waals surface area contributed by atoms with Crippen molar-refractivity contribution in [2.24, 2.45) is 0 Å². The third kappa shape index (κ3) is 8.27. The normalized spacial score (nSPS) is 17.0. The molecule has 0 amide bonds. The van der Waals surface area contributed by atoms with Gasteiger partial charge in [-0.2, -0.15) is 11.8 Å². The second-order valence-corrected chi connectivity index (χ2v) is 7.99. The van der Waals surface area contributed by atoms with Gasteiger partial charge in [-0.3, -0.25) is 0 Å². The van der Waals surface area contributed by atoms with Gasteiger partial charge in [-0.1, -0.05) is 6.07 Å². The summed E-state index contributed by atoms with van der Waals surface area (Å²) < 4.78 is 11.2. The minimum absolute atomic E-state index is 0.197. The Labute approximate surface area is 167 Å². The Morgan fingerprint density at radius 2 is 2.07 bits per heavy atom. The van der Waals surface area contributed by atoms with Crippen molar-refractivity contribution in [3.8, 4) is 11.5 Å². The van der Waals surface area contributed by atoms with Gasteiger partial charge in [-0.25, -0.2) is 0 Å². The van der Waals surface area contributed by atoms with Crippen LogP contribution in [0.5, 0.6) is 11.5 Å². The van der Waals surface area contributed by atoms with Crippen molar-refractivity contribution in [1.29, 1.82) is 0 Å². The second-order valence-electron chi connectivity index (χ2n) is 7.00. The van der Waals surface area contributed by atoms with Gasteiger partial charge in [0.2, 0.25) is 0 Å². The first-order chi connectivity index (χ1) is 13.1. The number of thioether (sulfide) groups is 1. The molecule has 0 bridgehead atoms. The Balaban J connectivity index is 1.76. The lowest BCUT2D eigenvalue weighted by Crippen LogP contribution is -2.41. The molecule has 1 saturated heterocycles. The SMILES string of the molecule is COc1cc(CNCCCSC)ccc1OC[C@@H](O)CN1CCC(O)CC1. The summed E-state index contributed by atoms with van der Waals surface area (Å²) in [7, 11) is 1.63. The van der Waals surface area contributed by atoms with E-state index in [1.165, 1.54) is 5.75 Å². The van der Waals surface area contributed by atoms with Crippen molar-refractivity contribution in [1.82, 2.24) is 10.2 Å². The van der Waals surface area contributed by atoms with E-state index in [-0.39, 0.29) is 12.7 Å². The van der Waals surface area contributed by atoms with Gasteiger partial charge >= 0.3 is 0 Å². The first kappa shape index (κ1) is 22.3. The van der Waals surface area contributed by atoms with Crippen molar-refractivity contribution < 1.29 is 19.7 Å². The number of hydrogen-bond donors (Lipinski definition) is 3. The zero-order chi connectivity index (χ0) is 19.5. The zero-order valence-corrected chi connectivity index (χ0v) is 17.3. The fraction of sp³-hybridized carbons (Fsp3) is 0.700. The highest BCUT2D eigenvalue weighted by molar-refractivity contribution is 7.98. The average molecular weight is 399 g/mol. The highest BCUT2D eigenvalue weighted by Gasteiger charge is 2.19. The Bertz CT molecular complexity index is 539. The average Bonchev–Trinajstić information content (AvgIpc) is 2.68. The van der Waals surface area contributed by atoms with Gasteiger partial charge in [0.15, 0.2) is 11.5 Å². The summed E-state index contributed by atoms with van der Waals surface area (Å²) in [6.45, 7) is 4.23. The van der Waals surface area contributed by atoms with Crippen LogP contribution < -0.4 is 14.8 Å². The van der Waals surface area contributed by atoms with Crippen LogP contribution in [0, 0.1) is 0 Å². The maximum Gasteiger partial charge on any atom is 0.161 e. The molecule has 2 rings (SSSR count). The Hall–Kier alpha value is -0.990. The molecule has 1 aromatic carbocycles. The van der Waals surface area contributed by atoms with Crippen LogP contribution in [0.2, 0.25) is 0 Å². The molecule has 1 atom stereocenters. The van der Waals surface area contributed by atoms with E-state index >= 15 is 0 Å². The number of methoxy groups -OCH3 is 1. The minimum atomic E-state index is -0.567. The monoisotopic (exact) mass is 398 g/mol. The molecule has 1 aliphatic rings. The van der Waals surface area contributed by atoms with Crippen molar-refractivity contribution in [2.75, 3.05) is 51.9 Å². The van der Waals surface area contributed by atoms with Gasteiger partial charge in [0.05, 0.1) is 13.2 Å². The summed E-state index contributed by atoms with van der Waals surface area (Å²) in [4.78, 5) is 2.17. The molecule has 0 aliphatic carbocycles. The number of benzene rings is 1. The highest BCUT2D eigenvalue weighted by atomic mass is 32.2. The molecular weight excluding hydrogens is 364 g/mol. The molecule has 154 valence electrons. The molecule has 0 saturated carbocycles. The molecule has 1 fully saturated rings.